The minimum atomic E-state index is -0.525. The SMILES string of the molecule is COc1nc(N(Cc2ccc(OC)c(OC)c2)c2ccc(F)c(Cl)c2)c2cc(SC3CCN(C(=O)OC(C)(C)C)CC3)ccc2n1. The van der Waals surface area contributed by atoms with Crippen molar-refractivity contribution in [2.24, 2.45) is 0 Å². The van der Waals surface area contributed by atoms with E-state index in [0.717, 1.165) is 28.7 Å². The van der Waals surface area contributed by atoms with Gasteiger partial charge < -0.3 is 28.7 Å². The molecule has 9 nitrogen and oxygen atoms in total. The van der Waals surface area contributed by atoms with Crippen LogP contribution in [-0.2, 0) is 11.3 Å². The molecule has 1 fully saturated rings. The third-order valence-electron chi connectivity index (χ3n) is 7.46. The highest BCUT2D eigenvalue weighted by molar-refractivity contribution is 8.00. The molecule has 244 valence electrons. The monoisotopic (exact) mass is 668 g/mol. The number of hydrogen-bond donors (Lipinski definition) is 0. The quantitative estimate of drug-likeness (QED) is 0.175. The lowest BCUT2D eigenvalue weighted by Crippen LogP contribution is -2.42. The molecule has 0 unspecified atom stereocenters. The van der Waals surface area contributed by atoms with E-state index in [2.05, 4.69) is 11.1 Å². The van der Waals surface area contributed by atoms with Crippen molar-refractivity contribution in [1.82, 2.24) is 14.9 Å². The van der Waals surface area contributed by atoms with E-state index in [0.29, 0.717) is 53.4 Å². The first kappa shape index (κ1) is 33.4. The molecule has 0 saturated carbocycles. The van der Waals surface area contributed by atoms with Gasteiger partial charge in [-0.1, -0.05) is 17.7 Å². The molecule has 0 atom stereocenters. The molecule has 0 bridgehead atoms. The first-order chi connectivity index (χ1) is 22.0. The summed E-state index contributed by atoms with van der Waals surface area (Å²) in [6, 6.07) is 16.5. The van der Waals surface area contributed by atoms with Gasteiger partial charge in [0.15, 0.2) is 11.5 Å². The molecule has 5 rings (SSSR count). The Morgan fingerprint density at radius 3 is 2.37 bits per heavy atom. The number of fused-ring (bicyclic) bond motifs is 1. The lowest BCUT2D eigenvalue weighted by Gasteiger charge is -2.33. The van der Waals surface area contributed by atoms with Crippen LogP contribution >= 0.6 is 23.4 Å². The maximum Gasteiger partial charge on any atom is 0.410 e. The van der Waals surface area contributed by atoms with Gasteiger partial charge in [-0.15, -0.1) is 11.8 Å². The second-order valence-electron chi connectivity index (χ2n) is 11.9. The van der Waals surface area contributed by atoms with Crippen LogP contribution in [-0.4, -0.2) is 66.2 Å². The van der Waals surface area contributed by atoms with Gasteiger partial charge in [-0.25, -0.2) is 9.18 Å². The van der Waals surface area contributed by atoms with Gasteiger partial charge in [-0.3, -0.25) is 0 Å². The third-order valence-corrected chi connectivity index (χ3v) is 9.09. The van der Waals surface area contributed by atoms with E-state index in [1.807, 2.05) is 56.0 Å². The number of carbonyl (C=O) groups excluding carboxylic acids is 1. The zero-order valence-corrected chi connectivity index (χ0v) is 28.4. The van der Waals surface area contributed by atoms with E-state index in [9.17, 15) is 9.18 Å². The highest BCUT2D eigenvalue weighted by Gasteiger charge is 2.28. The summed E-state index contributed by atoms with van der Waals surface area (Å²) in [6.07, 6.45) is 1.41. The summed E-state index contributed by atoms with van der Waals surface area (Å²) in [4.78, 5) is 26.7. The van der Waals surface area contributed by atoms with Crippen molar-refractivity contribution in [3.8, 4) is 17.5 Å². The van der Waals surface area contributed by atoms with Crippen LogP contribution in [0.5, 0.6) is 17.5 Å². The fraction of sp³-hybridized carbons (Fsp3) is 0.382. The summed E-state index contributed by atoms with van der Waals surface area (Å²) in [6.45, 7) is 7.24. The van der Waals surface area contributed by atoms with Crippen LogP contribution in [0.1, 0.15) is 39.2 Å². The van der Waals surface area contributed by atoms with E-state index in [1.54, 1.807) is 43.0 Å². The third kappa shape index (κ3) is 7.87. The molecule has 46 heavy (non-hydrogen) atoms. The summed E-state index contributed by atoms with van der Waals surface area (Å²) >= 11 is 8.04. The number of benzene rings is 3. The molecule has 2 heterocycles. The first-order valence-corrected chi connectivity index (χ1v) is 16.2. The summed E-state index contributed by atoms with van der Waals surface area (Å²) in [5.41, 5.74) is 1.70. The van der Waals surface area contributed by atoms with Crippen LogP contribution in [0, 0.1) is 5.82 Å². The van der Waals surface area contributed by atoms with E-state index < -0.39 is 11.4 Å². The van der Waals surface area contributed by atoms with Gasteiger partial charge >= 0.3 is 12.1 Å². The molecule has 0 aliphatic carbocycles. The molecular weight excluding hydrogens is 631 g/mol. The fourth-order valence-electron chi connectivity index (χ4n) is 5.22. The second kappa shape index (κ2) is 14.2. The molecule has 0 N–H and O–H groups in total. The second-order valence-corrected chi connectivity index (χ2v) is 13.7. The Labute approximate surface area is 277 Å². The zero-order valence-electron chi connectivity index (χ0n) is 26.8. The van der Waals surface area contributed by atoms with E-state index >= 15 is 0 Å². The number of hydrogen-bond acceptors (Lipinski definition) is 9. The van der Waals surface area contributed by atoms with E-state index in [4.69, 9.17) is 35.5 Å². The Bertz CT molecular complexity index is 1710. The number of carbonyl (C=O) groups is 1. The normalized spacial score (nSPS) is 13.9. The minimum Gasteiger partial charge on any atom is -0.493 e. The molecule has 1 aliphatic rings. The van der Waals surface area contributed by atoms with Crippen molar-refractivity contribution >= 4 is 51.9 Å². The van der Waals surface area contributed by atoms with Crippen LogP contribution < -0.4 is 19.1 Å². The Morgan fingerprint density at radius 1 is 0.978 bits per heavy atom. The standard InChI is InChI=1S/C34H38ClFN4O5S/c1-34(2,3)45-33(41)39-15-13-23(14-16-39)46-24-9-11-28-25(19-24)31(38-32(37-28)44-6)40(22-8-10-27(36)26(35)18-22)20-21-7-12-29(42-4)30(17-21)43-5/h7-12,17-19,23H,13-16,20H2,1-6H3. The summed E-state index contributed by atoms with van der Waals surface area (Å²) in [5, 5.41) is 1.10. The number of anilines is 2. The summed E-state index contributed by atoms with van der Waals surface area (Å²) in [5.74, 6) is 1.24. The first-order valence-electron chi connectivity index (χ1n) is 14.9. The molecule has 0 spiro atoms. The van der Waals surface area contributed by atoms with E-state index in [1.165, 1.54) is 13.2 Å². The largest absolute Gasteiger partial charge is 0.493 e. The van der Waals surface area contributed by atoms with Crippen molar-refractivity contribution in [2.75, 3.05) is 39.3 Å². The van der Waals surface area contributed by atoms with Crippen LogP contribution in [0.3, 0.4) is 0 Å². The van der Waals surface area contributed by atoms with Gasteiger partial charge in [0.2, 0.25) is 0 Å². The van der Waals surface area contributed by atoms with Gasteiger partial charge in [-0.2, -0.15) is 9.97 Å². The fourth-order valence-corrected chi connectivity index (χ4v) is 6.56. The number of methoxy groups -OCH3 is 3. The molecule has 1 saturated heterocycles. The van der Waals surface area contributed by atoms with Crippen LogP contribution in [0.4, 0.5) is 20.7 Å². The Kier molecular flexibility index (Phi) is 10.3. The maximum absolute atomic E-state index is 14.3. The summed E-state index contributed by atoms with van der Waals surface area (Å²) in [7, 11) is 4.69. The molecule has 4 aromatic rings. The maximum atomic E-state index is 14.3. The molecule has 0 radical (unpaired) electrons. The van der Waals surface area contributed by atoms with Crippen molar-refractivity contribution in [1.29, 1.82) is 0 Å². The van der Waals surface area contributed by atoms with Crippen LogP contribution in [0.2, 0.25) is 5.02 Å². The lowest BCUT2D eigenvalue weighted by atomic mass is 10.1. The lowest BCUT2D eigenvalue weighted by molar-refractivity contribution is 0.0219. The smallest absolute Gasteiger partial charge is 0.410 e. The topological polar surface area (TPSA) is 86.3 Å². The van der Waals surface area contributed by atoms with Crippen molar-refractivity contribution in [2.45, 2.75) is 55.9 Å². The molecule has 12 heteroatoms. The van der Waals surface area contributed by atoms with Crippen LogP contribution in [0.15, 0.2) is 59.5 Å². The van der Waals surface area contributed by atoms with Gasteiger partial charge in [0.1, 0.15) is 17.2 Å². The highest BCUT2D eigenvalue weighted by atomic mass is 35.5. The predicted octanol–water partition coefficient (Wildman–Crippen LogP) is 8.28. The van der Waals surface area contributed by atoms with Gasteiger partial charge in [0.05, 0.1) is 31.9 Å². The van der Waals surface area contributed by atoms with Crippen molar-refractivity contribution in [3.63, 3.8) is 0 Å². The van der Waals surface area contributed by atoms with Crippen molar-refractivity contribution < 1.29 is 28.1 Å². The minimum absolute atomic E-state index is 0.00546. The van der Waals surface area contributed by atoms with Gasteiger partial charge in [-0.05, 0) is 87.7 Å². The molecule has 1 aliphatic heterocycles. The van der Waals surface area contributed by atoms with Gasteiger partial charge in [0, 0.05) is 40.9 Å². The number of piperidine rings is 1. The average Bonchev–Trinajstić information content (AvgIpc) is 3.04. The Hall–Kier alpha value is -3.96. The molecule has 1 amide bonds. The number of amides is 1. The number of aromatic nitrogens is 2. The Balaban J connectivity index is 1.49. The van der Waals surface area contributed by atoms with Crippen LogP contribution in [0.25, 0.3) is 10.9 Å². The number of likely N-dealkylation sites (tertiary alicyclic amines) is 1. The number of nitrogens with zero attached hydrogens (tertiary/aromatic N) is 4. The van der Waals surface area contributed by atoms with E-state index in [-0.39, 0.29) is 17.1 Å². The summed E-state index contributed by atoms with van der Waals surface area (Å²) < 4.78 is 36.3. The highest BCUT2D eigenvalue weighted by Crippen LogP contribution is 2.39. The van der Waals surface area contributed by atoms with Gasteiger partial charge in [0.25, 0.3) is 0 Å². The molecular formula is C34H38ClFN4O5S. The Morgan fingerprint density at radius 2 is 1.72 bits per heavy atom. The number of halogens is 2. The average molecular weight is 669 g/mol. The number of rotatable bonds is 9. The predicted molar refractivity (Wildman–Crippen MR) is 180 cm³/mol. The molecule has 3 aromatic carbocycles. The zero-order chi connectivity index (χ0) is 33.0. The number of thioether (sulfide) groups is 1. The van der Waals surface area contributed by atoms with Crippen molar-refractivity contribution in [3.05, 3.63) is 71.0 Å². The molecule has 1 aromatic heterocycles. The number of ether oxygens (including phenoxy) is 4.